The molecule has 6 heteroatoms. The number of rotatable bonds is 8. The molecule has 0 aliphatic heterocycles. The fourth-order valence-corrected chi connectivity index (χ4v) is 1.43. The van der Waals surface area contributed by atoms with Crippen LogP contribution in [0.5, 0.6) is 0 Å². The first-order valence-electron chi connectivity index (χ1n) is 6.00. The number of amides is 2. The van der Waals surface area contributed by atoms with Crippen molar-refractivity contribution >= 4 is 23.4 Å². The van der Waals surface area contributed by atoms with Crippen molar-refractivity contribution in [2.24, 2.45) is 0 Å². The summed E-state index contributed by atoms with van der Waals surface area (Å²) in [4.78, 5) is 24.7. The smallest absolute Gasteiger partial charge is 0.309 e. The van der Waals surface area contributed by atoms with Crippen molar-refractivity contribution in [1.29, 1.82) is 0 Å². The molecule has 0 spiro atoms. The van der Waals surface area contributed by atoms with Crippen molar-refractivity contribution in [3.05, 3.63) is 0 Å². The van der Waals surface area contributed by atoms with E-state index in [1.165, 1.54) is 0 Å². The number of hydrogen-bond donors (Lipinski definition) is 2. The van der Waals surface area contributed by atoms with Gasteiger partial charge in [0.25, 0.3) is 0 Å². The van der Waals surface area contributed by atoms with E-state index in [1.54, 1.807) is 0 Å². The van der Waals surface area contributed by atoms with Gasteiger partial charge in [-0.2, -0.15) is 0 Å². The van der Waals surface area contributed by atoms with E-state index >= 15 is 0 Å². The molecule has 5 nitrogen and oxygen atoms in total. The molecule has 0 saturated heterocycles. The molecule has 17 heavy (non-hydrogen) atoms. The molecule has 0 rings (SSSR count). The fraction of sp³-hybridized carbons (Fsp3) is 0.818. The topological polar surface area (TPSA) is 61.4 Å². The van der Waals surface area contributed by atoms with Crippen LogP contribution < -0.4 is 10.6 Å². The van der Waals surface area contributed by atoms with Crippen LogP contribution in [0.3, 0.4) is 0 Å². The second kappa shape index (κ2) is 10.4. The average Bonchev–Trinajstić information content (AvgIpc) is 2.34. The molecule has 0 atom stereocenters. The van der Waals surface area contributed by atoms with Crippen LogP contribution >= 0.6 is 11.6 Å². The monoisotopic (exact) mass is 263 g/mol. The van der Waals surface area contributed by atoms with Gasteiger partial charge in [-0.05, 0) is 19.5 Å². The SMILES string of the molecule is CCN(CC)CCNC(=O)C(=O)NCCCCl. The Balaban J connectivity index is 3.67. The van der Waals surface area contributed by atoms with Gasteiger partial charge in [0.2, 0.25) is 0 Å². The lowest BCUT2D eigenvalue weighted by Gasteiger charge is -2.17. The molecule has 100 valence electrons. The molecular formula is C11H22ClN3O2. The summed E-state index contributed by atoms with van der Waals surface area (Å²) in [5.74, 6) is -0.689. The second-order valence-corrected chi connectivity index (χ2v) is 3.96. The first-order chi connectivity index (χ1) is 8.15. The summed E-state index contributed by atoms with van der Waals surface area (Å²) in [5, 5.41) is 5.08. The standard InChI is InChI=1S/C11H22ClN3O2/c1-3-15(4-2)9-8-14-11(17)10(16)13-7-5-6-12/h3-9H2,1-2H3,(H,13,16)(H,14,17). The summed E-state index contributed by atoms with van der Waals surface area (Å²) in [6, 6.07) is 0. The van der Waals surface area contributed by atoms with E-state index in [-0.39, 0.29) is 0 Å². The van der Waals surface area contributed by atoms with Crippen LogP contribution in [-0.2, 0) is 9.59 Å². The minimum absolute atomic E-state index is 0.436. The van der Waals surface area contributed by atoms with Crippen molar-refractivity contribution in [2.75, 3.05) is 38.6 Å². The van der Waals surface area contributed by atoms with Gasteiger partial charge >= 0.3 is 11.8 Å². The number of carbonyl (C=O) groups excluding carboxylic acids is 2. The fourth-order valence-electron chi connectivity index (χ4n) is 1.30. The third kappa shape index (κ3) is 7.99. The molecule has 0 saturated carbocycles. The quantitative estimate of drug-likeness (QED) is 0.373. The molecule has 0 unspecified atom stereocenters. The molecule has 0 radical (unpaired) electrons. The van der Waals surface area contributed by atoms with Gasteiger partial charge in [-0.25, -0.2) is 0 Å². The second-order valence-electron chi connectivity index (χ2n) is 3.58. The van der Waals surface area contributed by atoms with Crippen molar-refractivity contribution < 1.29 is 9.59 Å². The first-order valence-corrected chi connectivity index (χ1v) is 6.53. The van der Waals surface area contributed by atoms with Crippen LogP contribution in [0, 0.1) is 0 Å². The van der Waals surface area contributed by atoms with Crippen molar-refractivity contribution in [1.82, 2.24) is 15.5 Å². The summed E-state index contributed by atoms with van der Waals surface area (Å²) in [6.07, 6.45) is 0.667. The lowest BCUT2D eigenvalue weighted by atomic mass is 10.4. The van der Waals surface area contributed by atoms with Crippen LogP contribution in [0.2, 0.25) is 0 Å². The molecule has 0 aromatic carbocycles. The van der Waals surface area contributed by atoms with Gasteiger partial charge in [-0.1, -0.05) is 13.8 Å². The number of hydrogen-bond acceptors (Lipinski definition) is 3. The maximum absolute atomic E-state index is 11.3. The minimum Gasteiger partial charge on any atom is -0.348 e. The van der Waals surface area contributed by atoms with Gasteiger partial charge in [0, 0.05) is 25.5 Å². The van der Waals surface area contributed by atoms with Gasteiger partial charge in [0.1, 0.15) is 0 Å². The summed E-state index contributed by atoms with van der Waals surface area (Å²) < 4.78 is 0. The molecule has 0 heterocycles. The van der Waals surface area contributed by atoms with Crippen LogP contribution in [0.15, 0.2) is 0 Å². The third-order valence-electron chi connectivity index (χ3n) is 2.41. The van der Waals surface area contributed by atoms with Crippen LogP contribution in [0.1, 0.15) is 20.3 Å². The molecule has 0 aliphatic rings. The van der Waals surface area contributed by atoms with Gasteiger partial charge in [0.15, 0.2) is 0 Å². The molecule has 0 fully saturated rings. The zero-order valence-electron chi connectivity index (χ0n) is 10.6. The molecule has 0 aromatic heterocycles. The van der Waals surface area contributed by atoms with Crippen molar-refractivity contribution in [2.45, 2.75) is 20.3 Å². The number of halogens is 1. The van der Waals surface area contributed by atoms with Crippen molar-refractivity contribution in [3.8, 4) is 0 Å². The van der Waals surface area contributed by atoms with Crippen molar-refractivity contribution in [3.63, 3.8) is 0 Å². The number of likely N-dealkylation sites (N-methyl/N-ethyl adjacent to an activating group) is 1. The van der Waals surface area contributed by atoms with Crippen LogP contribution in [0.25, 0.3) is 0 Å². The Morgan fingerprint density at radius 1 is 1.06 bits per heavy atom. The molecule has 0 bridgehead atoms. The highest BCUT2D eigenvalue weighted by molar-refractivity contribution is 6.35. The Morgan fingerprint density at radius 2 is 1.59 bits per heavy atom. The minimum atomic E-state index is -0.588. The normalized spacial score (nSPS) is 10.4. The summed E-state index contributed by atoms with van der Waals surface area (Å²) in [6.45, 7) is 7.68. The Kier molecular flexibility index (Phi) is 9.86. The summed E-state index contributed by atoms with van der Waals surface area (Å²) in [5.41, 5.74) is 0. The van der Waals surface area contributed by atoms with Gasteiger partial charge < -0.3 is 15.5 Å². The van der Waals surface area contributed by atoms with Crippen LogP contribution in [-0.4, -0.2) is 55.3 Å². The molecule has 2 amide bonds. The van der Waals surface area contributed by atoms with Gasteiger partial charge in [0.05, 0.1) is 0 Å². The van der Waals surface area contributed by atoms with E-state index < -0.39 is 11.8 Å². The van der Waals surface area contributed by atoms with E-state index in [0.29, 0.717) is 25.4 Å². The van der Waals surface area contributed by atoms with E-state index in [9.17, 15) is 9.59 Å². The Morgan fingerprint density at radius 3 is 2.06 bits per heavy atom. The highest BCUT2D eigenvalue weighted by Crippen LogP contribution is 1.84. The number of nitrogens with one attached hydrogen (secondary N) is 2. The third-order valence-corrected chi connectivity index (χ3v) is 2.68. The highest BCUT2D eigenvalue weighted by atomic mass is 35.5. The maximum Gasteiger partial charge on any atom is 0.309 e. The first kappa shape index (κ1) is 16.2. The predicted molar refractivity (Wildman–Crippen MR) is 69.1 cm³/mol. The Hall–Kier alpha value is -0.810. The Labute approximate surface area is 108 Å². The predicted octanol–water partition coefficient (Wildman–Crippen LogP) is 0.190. The lowest BCUT2D eigenvalue weighted by molar-refractivity contribution is -0.139. The average molecular weight is 264 g/mol. The molecular weight excluding hydrogens is 242 g/mol. The number of carbonyl (C=O) groups is 2. The summed E-state index contributed by atoms with van der Waals surface area (Å²) >= 11 is 5.46. The number of nitrogens with zero attached hydrogens (tertiary/aromatic N) is 1. The zero-order valence-corrected chi connectivity index (χ0v) is 11.3. The van der Waals surface area contributed by atoms with Gasteiger partial charge in [-0.15, -0.1) is 11.6 Å². The largest absolute Gasteiger partial charge is 0.348 e. The van der Waals surface area contributed by atoms with E-state index in [1.807, 2.05) is 0 Å². The molecule has 0 aliphatic carbocycles. The lowest BCUT2D eigenvalue weighted by Crippen LogP contribution is -2.43. The van der Waals surface area contributed by atoms with E-state index in [0.717, 1.165) is 19.6 Å². The van der Waals surface area contributed by atoms with Crippen LogP contribution in [0.4, 0.5) is 0 Å². The maximum atomic E-state index is 11.3. The molecule has 0 aromatic rings. The number of alkyl halides is 1. The van der Waals surface area contributed by atoms with E-state index in [4.69, 9.17) is 11.6 Å². The molecule has 2 N–H and O–H groups in total. The summed E-state index contributed by atoms with van der Waals surface area (Å²) in [7, 11) is 0. The van der Waals surface area contributed by atoms with Gasteiger partial charge in [-0.3, -0.25) is 9.59 Å². The Bertz CT molecular complexity index is 233. The van der Waals surface area contributed by atoms with E-state index in [2.05, 4.69) is 29.4 Å². The highest BCUT2D eigenvalue weighted by Gasteiger charge is 2.11. The zero-order chi connectivity index (χ0) is 13.1.